The van der Waals surface area contributed by atoms with Crippen molar-refractivity contribution in [3.05, 3.63) is 47.6 Å². The number of hydrogen-bond donors (Lipinski definition) is 0. The van der Waals surface area contributed by atoms with Crippen molar-refractivity contribution in [2.45, 2.75) is 26.2 Å². The summed E-state index contributed by atoms with van der Waals surface area (Å²) in [6.45, 7) is 2.96. The summed E-state index contributed by atoms with van der Waals surface area (Å²) < 4.78 is 2.04. The lowest BCUT2D eigenvalue weighted by Gasteiger charge is -2.16. The van der Waals surface area contributed by atoms with Gasteiger partial charge in [0.15, 0.2) is 4.96 Å². The fourth-order valence-corrected chi connectivity index (χ4v) is 3.39. The van der Waals surface area contributed by atoms with Gasteiger partial charge in [-0.2, -0.15) is 0 Å². The van der Waals surface area contributed by atoms with Crippen LogP contribution in [0.2, 0.25) is 0 Å². The molecule has 0 aliphatic rings. The average molecular weight is 327 g/mol. The second-order valence-corrected chi connectivity index (χ2v) is 6.55. The third-order valence-electron chi connectivity index (χ3n) is 3.96. The summed E-state index contributed by atoms with van der Waals surface area (Å²) >= 11 is 1.58. The third kappa shape index (κ3) is 3.45. The Kier molecular flexibility index (Phi) is 4.76. The van der Waals surface area contributed by atoms with Gasteiger partial charge in [-0.15, -0.1) is 11.3 Å². The molecule has 0 aliphatic heterocycles. The number of unbranched alkanes of at least 4 members (excludes halogenated alkanes) is 1. The first kappa shape index (κ1) is 15.7. The number of carbonyl (C=O) groups is 1. The number of amides is 1. The van der Waals surface area contributed by atoms with E-state index in [1.807, 2.05) is 46.1 Å². The van der Waals surface area contributed by atoms with Crippen LogP contribution < -0.4 is 0 Å². The van der Waals surface area contributed by atoms with Crippen molar-refractivity contribution in [2.75, 3.05) is 13.6 Å². The first-order valence-corrected chi connectivity index (χ1v) is 8.82. The molecule has 4 nitrogen and oxygen atoms in total. The number of rotatable bonds is 6. The molecule has 1 amide bonds. The molecule has 2 heterocycles. The number of aromatic nitrogens is 2. The van der Waals surface area contributed by atoms with Crippen molar-refractivity contribution in [3.8, 4) is 11.3 Å². The number of nitrogens with zero attached hydrogens (tertiary/aromatic N) is 3. The first-order chi connectivity index (χ1) is 11.2. The number of likely N-dealkylation sites (N-methyl/N-ethyl adjacent to an activating group) is 1. The average Bonchev–Trinajstić information content (AvgIpc) is 3.15. The molecule has 1 aromatic carbocycles. The van der Waals surface area contributed by atoms with E-state index in [-0.39, 0.29) is 5.91 Å². The predicted molar refractivity (Wildman–Crippen MR) is 94.8 cm³/mol. The minimum Gasteiger partial charge on any atom is -0.345 e. The van der Waals surface area contributed by atoms with Crippen LogP contribution in [0.5, 0.6) is 0 Å². The van der Waals surface area contributed by atoms with Gasteiger partial charge in [0.05, 0.1) is 12.1 Å². The third-order valence-corrected chi connectivity index (χ3v) is 4.85. The lowest BCUT2D eigenvalue weighted by atomic mass is 10.2. The Balaban J connectivity index is 1.80. The van der Waals surface area contributed by atoms with Crippen molar-refractivity contribution in [1.82, 2.24) is 14.3 Å². The number of carbonyl (C=O) groups excluding carboxylic acids is 1. The van der Waals surface area contributed by atoms with Gasteiger partial charge >= 0.3 is 0 Å². The summed E-state index contributed by atoms with van der Waals surface area (Å²) in [6, 6.07) is 10.1. The Labute approximate surface area is 140 Å². The van der Waals surface area contributed by atoms with E-state index in [9.17, 15) is 4.79 Å². The lowest BCUT2D eigenvalue weighted by molar-refractivity contribution is -0.129. The Hall–Kier alpha value is -2.14. The van der Waals surface area contributed by atoms with E-state index in [2.05, 4.69) is 24.0 Å². The molecule has 0 spiro atoms. The zero-order chi connectivity index (χ0) is 16.2. The van der Waals surface area contributed by atoms with Crippen LogP contribution in [-0.4, -0.2) is 33.8 Å². The molecule has 0 saturated heterocycles. The molecule has 0 radical (unpaired) electrons. The van der Waals surface area contributed by atoms with Crippen LogP contribution in [0.3, 0.4) is 0 Å². The van der Waals surface area contributed by atoms with Gasteiger partial charge in [0, 0.05) is 36.4 Å². The number of benzene rings is 1. The van der Waals surface area contributed by atoms with Gasteiger partial charge in [-0.05, 0) is 6.42 Å². The predicted octanol–water partition coefficient (Wildman–Crippen LogP) is 3.86. The van der Waals surface area contributed by atoms with Crippen molar-refractivity contribution < 1.29 is 4.79 Å². The molecule has 5 heteroatoms. The molecule has 2 aromatic heterocycles. The zero-order valence-electron chi connectivity index (χ0n) is 13.5. The standard InChI is InChI=1S/C18H21N3OS/c1-3-4-10-20(2)17(22)11-15-13-23-18-19-16(12-21(15)18)14-8-6-5-7-9-14/h5-9,12-13H,3-4,10-11H2,1-2H3. The minimum absolute atomic E-state index is 0.160. The molecular formula is C18H21N3OS. The number of fused-ring (bicyclic) bond motifs is 1. The first-order valence-electron chi connectivity index (χ1n) is 7.94. The summed E-state index contributed by atoms with van der Waals surface area (Å²) in [5, 5.41) is 2.03. The van der Waals surface area contributed by atoms with Crippen molar-refractivity contribution in [1.29, 1.82) is 0 Å². The van der Waals surface area contributed by atoms with Gasteiger partial charge in [0.2, 0.25) is 5.91 Å². The molecule has 3 aromatic rings. The molecule has 23 heavy (non-hydrogen) atoms. The van der Waals surface area contributed by atoms with Crippen molar-refractivity contribution in [3.63, 3.8) is 0 Å². The van der Waals surface area contributed by atoms with Crippen LogP contribution >= 0.6 is 11.3 Å². The fraction of sp³-hybridized carbons (Fsp3) is 0.333. The van der Waals surface area contributed by atoms with Crippen LogP contribution in [0.15, 0.2) is 41.9 Å². The van der Waals surface area contributed by atoms with E-state index >= 15 is 0 Å². The Bertz CT molecular complexity index is 791. The number of imidazole rings is 1. The summed E-state index contributed by atoms with van der Waals surface area (Å²) in [7, 11) is 1.88. The summed E-state index contributed by atoms with van der Waals surface area (Å²) in [4.78, 5) is 19.8. The van der Waals surface area contributed by atoms with E-state index in [4.69, 9.17) is 0 Å². The number of thiazole rings is 1. The Morgan fingerprint density at radius 3 is 2.83 bits per heavy atom. The van der Waals surface area contributed by atoms with E-state index in [0.717, 1.165) is 41.3 Å². The normalized spacial score (nSPS) is 11.0. The molecule has 0 saturated carbocycles. The smallest absolute Gasteiger partial charge is 0.228 e. The van der Waals surface area contributed by atoms with Gasteiger partial charge in [0.1, 0.15) is 0 Å². The topological polar surface area (TPSA) is 37.6 Å². The molecular weight excluding hydrogens is 306 g/mol. The minimum atomic E-state index is 0.160. The lowest BCUT2D eigenvalue weighted by Crippen LogP contribution is -2.29. The highest BCUT2D eigenvalue weighted by Gasteiger charge is 2.14. The van der Waals surface area contributed by atoms with Gasteiger partial charge in [-0.3, -0.25) is 9.20 Å². The molecule has 0 fully saturated rings. The maximum absolute atomic E-state index is 12.3. The molecule has 3 rings (SSSR count). The van der Waals surface area contributed by atoms with Crippen LogP contribution in [0.1, 0.15) is 25.5 Å². The van der Waals surface area contributed by atoms with Crippen LogP contribution in [0.25, 0.3) is 16.2 Å². The second-order valence-electron chi connectivity index (χ2n) is 5.72. The molecule has 0 unspecified atom stereocenters. The maximum atomic E-state index is 12.3. The monoisotopic (exact) mass is 327 g/mol. The van der Waals surface area contributed by atoms with Crippen molar-refractivity contribution in [2.24, 2.45) is 0 Å². The molecule has 0 aliphatic carbocycles. The fourth-order valence-electron chi connectivity index (χ4n) is 2.51. The molecule has 0 N–H and O–H groups in total. The second kappa shape index (κ2) is 6.96. The molecule has 0 bridgehead atoms. The van der Waals surface area contributed by atoms with Gasteiger partial charge in [-0.25, -0.2) is 4.98 Å². The highest BCUT2D eigenvalue weighted by atomic mass is 32.1. The summed E-state index contributed by atoms with van der Waals surface area (Å²) in [6.07, 6.45) is 4.59. The SMILES string of the molecule is CCCCN(C)C(=O)Cc1csc2nc(-c3ccccc3)cn12. The van der Waals surface area contributed by atoms with Crippen molar-refractivity contribution >= 4 is 22.2 Å². The maximum Gasteiger partial charge on any atom is 0.228 e. The van der Waals surface area contributed by atoms with Gasteiger partial charge < -0.3 is 4.90 Å². The van der Waals surface area contributed by atoms with E-state index in [1.54, 1.807) is 11.3 Å². The van der Waals surface area contributed by atoms with Gasteiger partial charge in [0.25, 0.3) is 0 Å². The Morgan fingerprint density at radius 2 is 2.09 bits per heavy atom. The summed E-state index contributed by atoms with van der Waals surface area (Å²) in [5.41, 5.74) is 3.05. The zero-order valence-corrected chi connectivity index (χ0v) is 14.3. The Morgan fingerprint density at radius 1 is 1.30 bits per heavy atom. The number of hydrogen-bond acceptors (Lipinski definition) is 3. The molecule has 120 valence electrons. The highest BCUT2D eigenvalue weighted by Crippen LogP contribution is 2.23. The van der Waals surface area contributed by atoms with Crippen LogP contribution in [-0.2, 0) is 11.2 Å². The largest absolute Gasteiger partial charge is 0.345 e. The van der Waals surface area contributed by atoms with Gasteiger partial charge in [-0.1, -0.05) is 43.7 Å². The molecule has 0 atom stereocenters. The highest BCUT2D eigenvalue weighted by molar-refractivity contribution is 7.15. The quantitative estimate of drug-likeness (QED) is 0.689. The van der Waals surface area contributed by atoms with Crippen LogP contribution in [0, 0.1) is 0 Å². The summed E-state index contributed by atoms with van der Waals surface area (Å²) in [5.74, 6) is 0.160. The van der Waals surface area contributed by atoms with E-state index < -0.39 is 0 Å². The van der Waals surface area contributed by atoms with E-state index in [0.29, 0.717) is 6.42 Å². The van der Waals surface area contributed by atoms with Crippen LogP contribution in [0.4, 0.5) is 0 Å². The van der Waals surface area contributed by atoms with E-state index in [1.165, 1.54) is 0 Å².